The molecular formula is C14H11Br2NO2. The molecule has 5 heteroatoms. The van der Waals surface area contributed by atoms with Crippen LogP contribution in [0.1, 0.15) is 15.9 Å². The van der Waals surface area contributed by atoms with Crippen LogP contribution in [0.15, 0.2) is 45.3 Å². The van der Waals surface area contributed by atoms with Crippen molar-refractivity contribution in [1.82, 2.24) is 0 Å². The third-order valence-electron chi connectivity index (χ3n) is 2.66. The number of hydrogen-bond donors (Lipinski definition) is 1. The highest BCUT2D eigenvalue weighted by Gasteiger charge is 2.15. The number of ether oxygens (including phenoxy) is 1. The highest BCUT2D eigenvalue weighted by molar-refractivity contribution is 9.10. The van der Waals surface area contributed by atoms with Crippen molar-refractivity contribution >= 4 is 43.3 Å². The second-order valence-electron chi connectivity index (χ2n) is 3.91. The highest BCUT2D eigenvalue weighted by Crippen LogP contribution is 2.27. The average Bonchev–Trinajstić information content (AvgIpc) is 2.41. The van der Waals surface area contributed by atoms with E-state index < -0.39 is 0 Å². The van der Waals surface area contributed by atoms with Crippen molar-refractivity contribution in [2.75, 3.05) is 12.8 Å². The van der Waals surface area contributed by atoms with Gasteiger partial charge in [0.2, 0.25) is 0 Å². The molecule has 0 aliphatic carbocycles. The molecule has 0 fully saturated rings. The molecule has 0 aliphatic heterocycles. The summed E-state index contributed by atoms with van der Waals surface area (Å²) >= 11 is 6.66. The van der Waals surface area contributed by atoms with E-state index in [4.69, 9.17) is 10.5 Å². The lowest BCUT2D eigenvalue weighted by molar-refractivity contribution is 0.103. The normalized spacial score (nSPS) is 10.3. The van der Waals surface area contributed by atoms with E-state index in [-0.39, 0.29) is 5.78 Å². The first-order chi connectivity index (χ1) is 9.02. The van der Waals surface area contributed by atoms with Gasteiger partial charge in [-0.25, -0.2) is 0 Å². The Morgan fingerprint density at radius 2 is 1.89 bits per heavy atom. The number of benzene rings is 2. The number of methoxy groups -OCH3 is 1. The molecule has 0 amide bonds. The zero-order chi connectivity index (χ0) is 14.0. The molecule has 0 saturated carbocycles. The third-order valence-corrected chi connectivity index (χ3v) is 3.88. The minimum absolute atomic E-state index is 0.127. The van der Waals surface area contributed by atoms with E-state index in [0.29, 0.717) is 22.6 Å². The van der Waals surface area contributed by atoms with Crippen LogP contribution in [0.5, 0.6) is 5.75 Å². The number of halogens is 2. The second kappa shape index (κ2) is 5.75. The van der Waals surface area contributed by atoms with Gasteiger partial charge < -0.3 is 10.5 Å². The first kappa shape index (κ1) is 14.1. The molecule has 0 saturated heterocycles. The van der Waals surface area contributed by atoms with Gasteiger partial charge in [0.05, 0.1) is 12.7 Å². The second-order valence-corrected chi connectivity index (χ2v) is 5.68. The molecule has 0 bridgehead atoms. The lowest BCUT2D eigenvalue weighted by atomic mass is 10.0. The molecule has 19 heavy (non-hydrogen) atoms. The fraction of sp³-hybridized carbons (Fsp3) is 0.0714. The van der Waals surface area contributed by atoms with Gasteiger partial charge in [-0.05, 0) is 52.3 Å². The molecule has 2 aromatic rings. The van der Waals surface area contributed by atoms with Crippen molar-refractivity contribution in [3.8, 4) is 5.75 Å². The number of nitrogens with two attached hydrogens (primary N) is 1. The van der Waals surface area contributed by atoms with Crippen molar-refractivity contribution in [2.45, 2.75) is 0 Å². The fourth-order valence-electron chi connectivity index (χ4n) is 1.70. The van der Waals surface area contributed by atoms with E-state index in [9.17, 15) is 4.79 Å². The standard InChI is InChI=1S/C14H11Br2NO2/c1-19-13-5-3-9(15)7-10(13)14(18)8-2-4-11(16)12(17)6-8/h2-7H,17H2,1H3. The summed E-state index contributed by atoms with van der Waals surface area (Å²) in [5.41, 5.74) is 7.35. The summed E-state index contributed by atoms with van der Waals surface area (Å²) in [5.74, 6) is 0.409. The van der Waals surface area contributed by atoms with Gasteiger partial charge in [0.15, 0.2) is 5.78 Å². The molecule has 0 aromatic heterocycles. The molecule has 2 rings (SSSR count). The van der Waals surface area contributed by atoms with Gasteiger partial charge >= 0.3 is 0 Å². The minimum atomic E-state index is -0.127. The first-order valence-electron chi connectivity index (χ1n) is 5.46. The largest absolute Gasteiger partial charge is 0.496 e. The third kappa shape index (κ3) is 2.98. The summed E-state index contributed by atoms with van der Waals surface area (Å²) in [5, 5.41) is 0. The maximum atomic E-state index is 12.5. The summed E-state index contributed by atoms with van der Waals surface area (Å²) in [4.78, 5) is 12.5. The Balaban J connectivity index is 2.49. The minimum Gasteiger partial charge on any atom is -0.496 e. The number of anilines is 1. The van der Waals surface area contributed by atoms with Gasteiger partial charge in [0, 0.05) is 20.2 Å². The molecule has 0 aliphatic rings. The van der Waals surface area contributed by atoms with Crippen LogP contribution in [-0.2, 0) is 0 Å². The predicted molar refractivity (Wildman–Crippen MR) is 82.7 cm³/mol. The van der Waals surface area contributed by atoms with Crippen LogP contribution < -0.4 is 10.5 Å². The number of carbonyl (C=O) groups excluding carboxylic acids is 1. The Labute approximate surface area is 128 Å². The molecule has 0 spiro atoms. The van der Waals surface area contributed by atoms with Gasteiger partial charge in [0.25, 0.3) is 0 Å². The maximum Gasteiger partial charge on any atom is 0.196 e. The summed E-state index contributed by atoms with van der Waals surface area (Å²) in [6.07, 6.45) is 0. The van der Waals surface area contributed by atoms with E-state index in [1.165, 1.54) is 7.11 Å². The quantitative estimate of drug-likeness (QED) is 0.641. The lowest BCUT2D eigenvalue weighted by Gasteiger charge is -2.09. The Hall–Kier alpha value is -1.33. The molecule has 2 N–H and O–H groups in total. The van der Waals surface area contributed by atoms with E-state index in [2.05, 4.69) is 31.9 Å². The summed E-state index contributed by atoms with van der Waals surface area (Å²) in [7, 11) is 1.54. The molecule has 0 atom stereocenters. The number of hydrogen-bond acceptors (Lipinski definition) is 3. The van der Waals surface area contributed by atoms with Crippen molar-refractivity contribution in [2.24, 2.45) is 0 Å². The molecule has 0 radical (unpaired) electrons. The topological polar surface area (TPSA) is 52.3 Å². The van der Waals surface area contributed by atoms with Crippen LogP contribution in [0, 0.1) is 0 Å². The van der Waals surface area contributed by atoms with Gasteiger partial charge in [-0.15, -0.1) is 0 Å². The van der Waals surface area contributed by atoms with Crippen LogP contribution in [0.4, 0.5) is 5.69 Å². The fourth-order valence-corrected chi connectivity index (χ4v) is 2.31. The van der Waals surface area contributed by atoms with Crippen LogP contribution in [0.2, 0.25) is 0 Å². The summed E-state index contributed by atoms with van der Waals surface area (Å²) in [6.45, 7) is 0. The SMILES string of the molecule is COc1ccc(Br)cc1C(=O)c1ccc(Br)c(N)c1. The molecule has 0 heterocycles. The Kier molecular flexibility index (Phi) is 4.27. The molecule has 2 aromatic carbocycles. The Morgan fingerprint density at radius 3 is 2.53 bits per heavy atom. The number of rotatable bonds is 3. The number of carbonyl (C=O) groups is 1. The van der Waals surface area contributed by atoms with Crippen molar-refractivity contribution in [1.29, 1.82) is 0 Å². The summed E-state index contributed by atoms with van der Waals surface area (Å²) in [6, 6.07) is 10.4. The molecular weight excluding hydrogens is 374 g/mol. The lowest BCUT2D eigenvalue weighted by Crippen LogP contribution is -2.05. The first-order valence-corrected chi connectivity index (χ1v) is 7.05. The van der Waals surface area contributed by atoms with E-state index >= 15 is 0 Å². The van der Waals surface area contributed by atoms with Crippen molar-refractivity contribution < 1.29 is 9.53 Å². The van der Waals surface area contributed by atoms with E-state index in [1.807, 2.05) is 6.07 Å². The van der Waals surface area contributed by atoms with Gasteiger partial charge in [-0.2, -0.15) is 0 Å². The molecule has 0 unspecified atom stereocenters. The maximum absolute atomic E-state index is 12.5. The van der Waals surface area contributed by atoms with Gasteiger partial charge in [-0.3, -0.25) is 4.79 Å². The highest BCUT2D eigenvalue weighted by atomic mass is 79.9. The monoisotopic (exact) mass is 383 g/mol. The number of nitrogen functional groups attached to an aromatic ring is 1. The van der Waals surface area contributed by atoms with Crippen molar-refractivity contribution in [3.05, 3.63) is 56.5 Å². The molecule has 98 valence electrons. The Bertz CT molecular complexity index is 641. The zero-order valence-electron chi connectivity index (χ0n) is 10.1. The van der Waals surface area contributed by atoms with Crippen LogP contribution in [0.3, 0.4) is 0 Å². The summed E-state index contributed by atoms with van der Waals surface area (Å²) < 4.78 is 6.80. The number of ketones is 1. The van der Waals surface area contributed by atoms with Gasteiger partial charge in [-0.1, -0.05) is 15.9 Å². The van der Waals surface area contributed by atoms with Crippen LogP contribution in [-0.4, -0.2) is 12.9 Å². The van der Waals surface area contributed by atoms with Gasteiger partial charge in [0.1, 0.15) is 5.75 Å². The smallest absolute Gasteiger partial charge is 0.196 e. The van der Waals surface area contributed by atoms with Crippen molar-refractivity contribution in [3.63, 3.8) is 0 Å². The van der Waals surface area contributed by atoms with Crippen LogP contribution in [0.25, 0.3) is 0 Å². The van der Waals surface area contributed by atoms with E-state index in [0.717, 1.165) is 8.95 Å². The van der Waals surface area contributed by atoms with Crippen LogP contribution >= 0.6 is 31.9 Å². The molecule has 3 nitrogen and oxygen atoms in total. The average molecular weight is 385 g/mol. The predicted octanol–water partition coefficient (Wildman–Crippen LogP) is 4.03. The zero-order valence-corrected chi connectivity index (χ0v) is 13.3. The Morgan fingerprint density at radius 1 is 1.16 bits per heavy atom. The van der Waals surface area contributed by atoms with E-state index in [1.54, 1.807) is 30.3 Å².